The highest BCUT2D eigenvalue weighted by Crippen LogP contribution is 2.23. The minimum absolute atomic E-state index is 0.292. The van der Waals surface area contributed by atoms with Crippen LogP contribution in [0.2, 0.25) is 0 Å². The lowest BCUT2D eigenvalue weighted by molar-refractivity contribution is 0.102. The fraction of sp³-hybridized carbons (Fsp3) is 0.278. The molecule has 26 heavy (non-hydrogen) atoms. The largest absolute Gasteiger partial charge is 0.309 e. The number of amides is 1. The summed E-state index contributed by atoms with van der Waals surface area (Å²) in [6.45, 7) is 2.68. The molecular weight excluding hydrogens is 348 g/mol. The van der Waals surface area contributed by atoms with Crippen LogP contribution in [0.3, 0.4) is 0 Å². The molecule has 3 aromatic rings. The molecule has 0 unspecified atom stereocenters. The van der Waals surface area contributed by atoms with Gasteiger partial charge in [-0.05, 0) is 21.0 Å². The maximum atomic E-state index is 12.7. The Balaban J connectivity index is 1.80. The lowest BCUT2D eigenvalue weighted by Gasteiger charge is -2.08. The predicted octanol–water partition coefficient (Wildman–Crippen LogP) is 2.66. The van der Waals surface area contributed by atoms with Gasteiger partial charge in [-0.1, -0.05) is 41.7 Å². The smallest absolute Gasteiger partial charge is 0.261 e. The van der Waals surface area contributed by atoms with Gasteiger partial charge in [0, 0.05) is 24.7 Å². The minimum atomic E-state index is -0.292. The number of carbonyl (C=O) groups excluding carboxylic acids is 1. The summed E-state index contributed by atoms with van der Waals surface area (Å²) in [6.07, 6.45) is 2.34. The fourth-order valence-corrected chi connectivity index (χ4v) is 3.06. The van der Waals surface area contributed by atoms with E-state index in [0.29, 0.717) is 22.2 Å². The zero-order valence-electron chi connectivity index (χ0n) is 14.9. The second kappa shape index (κ2) is 8.11. The average molecular weight is 368 g/mol. The summed E-state index contributed by atoms with van der Waals surface area (Å²) >= 11 is 1.38. The van der Waals surface area contributed by atoms with Gasteiger partial charge in [0.1, 0.15) is 10.8 Å². The van der Waals surface area contributed by atoms with Gasteiger partial charge in [0.2, 0.25) is 5.13 Å². The van der Waals surface area contributed by atoms with Gasteiger partial charge in [-0.15, -0.1) is 10.2 Å². The topological polar surface area (TPSA) is 83.9 Å². The van der Waals surface area contributed by atoms with E-state index in [0.717, 1.165) is 23.5 Å². The van der Waals surface area contributed by atoms with E-state index in [9.17, 15) is 4.79 Å². The van der Waals surface area contributed by atoms with Gasteiger partial charge < -0.3 is 4.90 Å². The molecular formula is C18H20N6OS. The summed E-state index contributed by atoms with van der Waals surface area (Å²) in [7, 11) is 4.01. The van der Waals surface area contributed by atoms with Crippen LogP contribution in [-0.4, -0.2) is 51.6 Å². The van der Waals surface area contributed by atoms with E-state index < -0.39 is 0 Å². The normalized spacial score (nSPS) is 10.9. The molecule has 0 aliphatic heterocycles. The van der Waals surface area contributed by atoms with Crippen LogP contribution in [0.4, 0.5) is 5.13 Å². The summed E-state index contributed by atoms with van der Waals surface area (Å²) in [5.74, 6) is 0.321. The van der Waals surface area contributed by atoms with Crippen LogP contribution in [0.1, 0.15) is 21.2 Å². The first-order chi connectivity index (χ1) is 12.5. The Bertz CT molecular complexity index is 894. The number of aromatic nitrogens is 4. The van der Waals surface area contributed by atoms with Crippen molar-refractivity contribution in [2.45, 2.75) is 13.3 Å². The molecule has 1 N–H and O–H groups in total. The molecule has 1 aromatic carbocycles. The fourth-order valence-electron chi connectivity index (χ4n) is 2.34. The number of nitrogens with zero attached hydrogens (tertiary/aromatic N) is 5. The molecule has 0 aliphatic rings. The molecule has 0 atom stereocenters. The number of anilines is 1. The summed E-state index contributed by atoms with van der Waals surface area (Å²) in [5, 5.41) is 12.4. The second-order valence-corrected chi connectivity index (χ2v) is 7.12. The zero-order valence-corrected chi connectivity index (χ0v) is 15.7. The molecule has 7 nitrogen and oxygen atoms in total. The molecule has 0 saturated carbocycles. The molecule has 2 heterocycles. The molecule has 3 rings (SSSR count). The van der Waals surface area contributed by atoms with E-state index in [1.807, 2.05) is 44.4 Å². The Morgan fingerprint density at radius 1 is 1.19 bits per heavy atom. The third-order valence-corrected chi connectivity index (χ3v) is 4.56. The van der Waals surface area contributed by atoms with Crippen molar-refractivity contribution in [3.63, 3.8) is 0 Å². The van der Waals surface area contributed by atoms with Crippen LogP contribution in [0, 0.1) is 6.92 Å². The highest BCUT2D eigenvalue weighted by molar-refractivity contribution is 7.15. The Morgan fingerprint density at radius 3 is 2.69 bits per heavy atom. The molecule has 0 aliphatic carbocycles. The molecule has 2 aromatic heterocycles. The van der Waals surface area contributed by atoms with Gasteiger partial charge in [0.05, 0.1) is 11.3 Å². The SMILES string of the molecule is Cc1ncc(C(=O)Nc2nnc(CCN(C)C)s2)c(-c2ccccc2)n1. The van der Waals surface area contributed by atoms with E-state index in [2.05, 4.69) is 30.4 Å². The number of aryl methyl sites for hydroxylation is 1. The van der Waals surface area contributed by atoms with Gasteiger partial charge in [0.15, 0.2) is 0 Å². The maximum Gasteiger partial charge on any atom is 0.261 e. The number of nitrogens with one attached hydrogen (secondary N) is 1. The number of benzene rings is 1. The number of carbonyl (C=O) groups is 1. The number of rotatable bonds is 6. The Labute approximate surface area is 156 Å². The van der Waals surface area contributed by atoms with E-state index in [-0.39, 0.29) is 5.91 Å². The van der Waals surface area contributed by atoms with Crippen molar-refractivity contribution in [3.05, 3.63) is 52.9 Å². The first kappa shape index (κ1) is 18.1. The molecule has 1 amide bonds. The number of likely N-dealkylation sites (N-methyl/N-ethyl adjacent to an activating group) is 1. The molecule has 8 heteroatoms. The Kier molecular flexibility index (Phi) is 5.65. The van der Waals surface area contributed by atoms with Gasteiger partial charge in [-0.25, -0.2) is 9.97 Å². The molecule has 0 fully saturated rings. The minimum Gasteiger partial charge on any atom is -0.309 e. The van der Waals surface area contributed by atoms with Crippen molar-refractivity contribution in [2.24, 2.45) is 0 Å². The van der Waals surface area contributed by atoms with Crippen molar-refractivity contribution >= 4 is 22.4 Å². The monoisotopic (exact) mass is 368 g/mol. The third-order valence-electron chi connectivity index (χ3n) is 3.66. The summed E-state index contributed by atoms with van der Waals surface area (Å²) < 4.78 is 0. The first-order valence-electron chi connectivity index (χ1n) is 8.20. The van der Waals surface area contributed by atoms with Crippen LogP contribution >= 0.6 is 11.3 Å². The van der Waals surface area contributed by atoms with Gasteiger partial charge >= 0.3 is 0 Å². The Hall–Kier alpha value is -2.71. The van der Waals surface area contributed by atoms with Crippen molar-refractivity contribution in [3.8, 4) is 11.3 Å². The lowest BCUT2D eigenvalue weighted by Crippen LogP contribution is -2.15. The van der Waals surface area contributed by atoms with Crippen molar-refractivity contribution in [1.82, 2.24) is 25.1 Å². The highest BCUT2D eigenvalue weighted by atomic mass is 32.1. The maximum absolute atomic E-state index is 12.7. The van der Waals surface area contributed by atoms with Crippen LogP contribution < -0.4 is 5.32 Å². The molecule has 0 radical (unpaired) electrons. The average Bonchev–Trinajstić information content (AvgIpc) is 3.08. The molecule has 134 valence electrons. The molecule has 0 bridgehead atoms. The first-order valence-corrected chi connectivity index (χ1v) is 9.02. The van der Waals surface area contributed by atoms with Gasteiger partial charge in [0.25, 0.3) is 5.91 Å². The van der Waals surface area contributed by atoms with Crippen LogP contribution in [-0.2, 0) is 6.42 Å². The zero-order chi connectivity index (χ0) is 18.5. The molecule has 0 saturated heterocycles. The van der Waals surface area contributed by atoms with Crippen LogP contribution in [0.5, 0.6) is 0 Å². The van der Waals surface area contributed by atoms with Crippen molar-refractivity contribution in [2.75, 3.05) is 26.0 Å². The Morgan fingerprint density at radius 2 is 1.96 bits per heavy atom. The number of hydrogen-bond donors (Lipinski definition) is 1. The van der Waals surface area contributed by atoms with Crippen molar-refractivity contribution in [1.29, 1.82) is 0 Å². The van der Waals surface area contributed by atoms with Gasteiger partial charge in [-0.3, -0.25) is 10.1 Å². The third kappa shape index (κ3) is 4.47. The van der Waals surface area contributed by atoms with Crippen LogP contribution in [0.25, 0.3) is 11.3 Å². The van der Waals surface area contributed by atoms with Gasteiger partial charge in [-0.2, -0.15) is 0 Å². The predicted molar refractivity (Wildman–Crippen MR) is 102 cm³/mol. The van der Waals surface area contributed by atoms with E-state index in [1.54, 1.807) is 13.1 Å². The van der Waals surface area contributed by atoms with Crippen LogP contribution in [0.15, 0.2) is 36.5 Å². The highest BCUT2D eigenvalue weighted by Gasteiger charge is 2.17. The van der Waals surface area contributed by atoms with E-state index in [1.165, 1.54) is 11.3 Å². The molecule has 0 spiro atoms. The summed E-state index contributed by atoms with van der Waals surface area (Å²) in [6, 6.07) is 9.59. The van der Waals surface area contributed by atoms with E-state index >= 15 is 0 Å². The summed E-state index contributed by atoms with van der Waals surface area (Å²) in [5.41, 5.74) is 1.88. The quantitative estimate of drug-likeness (QED) is 0.720. The van der Waals surface area contributed by atoms with Crippen molar-refractivity contribution < 1.29 is 4.79 Å². The second-order valence-electron chi connectivity index (χ2n) is 6.05. The number of hydrogen-bond acceptors (Lipinski definition) is 7. The lowest BCUT2D eigenvalue weighted by atomic mass is 10.1. The standard InChI is InChI=1S/C18H20N6OS/c1-12-19-11-14(16(20-12)13-7-5-4-6-8-13)17(25)21-18-23-22-15(26-18)9-10-24(2)3/h4-8,11H,9-10H2,1-3H3,(H,21,23,25). The summed E-state index contributed by atoms with van der Waals surface area (Å²) in [4.78, 5) is 23.4. The van der Waals surface area contributed by atoms with E-state index in [4.69, 9.17) is 0 Å².